The maximum atomic E-state index is 12.0. The first-order chi connectivity index (χ1) is 11.3. The zero-order chi connectivity index (χ0) is 15.9. The molecule has 0 saturated carbocycles. The summed E-state index contributed by atoms with van der Waals surface area (Å²) in [6.45, 7) is 3.00. The fourth-order valence-corrected chi connectivity index (χ4v) is 3.07. The van der Waals surface area contributed by atoms with E-state index in [0.29, 0.717) is 6.42 Å². The predicted molar refractivity (Wildman–Crippen MR) is 94.2 cm³/mol. The van der Waals surface area contributed by atoms with E-state index < -0.39 is 0 Å². The maximum absolute atomic E-state index is 12.0. The average Bonchev–Trinajstić information content (AvgIpc) is 3.10. The Labute approximate surface area is 138 Å². The lowest BCUT2D eigenvalue weighted by Gasteiger charge is -2.09. The van der Waals surface area contributed by atoms with Crippen LogP contribution in [0.15, 0.2) is 54.6 Å². The molecule has 0 aromatic heterocycles. The van der Waals surface area contributed by atoms with Gasteiger partial charge in [-0.2, -0.15) is 0 Å². The molecule has 120 valence electrons. The van der Waals surface area contributed by atoms with Gasteiger partial charge in [-0.05, 0) is 48.5 Å². The zero-order valence-corrected chi connectivity index (χ0v) is 13.4. The quantitative estimate of drug-likeness (QED) is 0.861. The van der Waals surface area contributed by atoms with Crippen LogP contribution in [-0.2, 0) is 11.2 Å². The van der Waals surface area contributed by atoms with Gasteiger partial charge in [-0.1, -0.05) is 54.6 Å². The summed E-state index contributed by atoms with van der Waals surface area (Å²) >= 11 is 0. The van der Waals surface area contributed by atoms with Crippen molar-refractivity contribution in [3.63, 3.8) is 0 Å². The van der Waals surface area contributed by atoms with E-state index in [1.54, 1.807) is 0 Å². The van der Waals surface area contributed by atoms with Gasteiger partial charge in [0, 0.05) is 6.54 Å². The summed E-state index contributed by atoms with van der Waals surface area (Å²) in [6.07, 6.45) is 2.76. The van der Waals surface area contributed by atoms with Gasteiger partial charge >= 0.3 is 0 Å². The SMILES string of the molecule is O=C(Cc1ccc(-c2ccccc2)cc1)NCCC1CCNC1. The molecule has 1 atom stereocenters. The summed E-state index contributed by atoms with van der Waals surface area (Å²) < 4.78 is 0. The minimum Gasteiger partial charge on any atom is -0.356 e. The highest BCUT2D eigenvalue weighted by atomic mass is 16.1. The standard InChI is InChI=1S/C20H24N2O/c23-20(22-13-11-17-10-12-21-15-17)14-16-6-8-19(9-7-16)18-4-2-1-3-5-18/h1-9,17,21H,10-15H2,(H,22,23). The predicted octanol–water partition coefficient (Wildman–Crippen LogP) is 3.01. The first-order valence-electron chi connectivity index (χ1n) is 8.43. The molecule has 2 aromatic carbocycles. The van der Waals surface area contributed by atoms with Crippen molar-refractivity contribution in [2.75, 3.05) is 19.6 Å². The average molecular weight is 308 g/mol. The largest absolute Gasteiger partial charge is 0.356 e. The van der Waals surface area contributed by atoms with E-state index >= 15 is 0 Å². The van der Waals surface area contributed by atoms with E-state index in [0.717, 1.165) is 37.5 Å². The lowest BCUT2D eigenvalue weighted by atomic mass is 10.0. The minimum atomic E-state index is 0.114. The fourth-order valence-electron chi connectivity index (χ4n) is 3.07. The van der Waals surface area contributed by atoms with Crippen LogP contribution < -0.4 is 10.6 Å². The molecule has 1 aliphatic rings. The Hall–Kier alpha value is -2.13. The molecule has 3 heteroatoms. The number of hydrogen-bond donors (Lipinski definition) is 2. The molecule has 1 saturated heterocycles. The highest BCUT2D eigenvalue weighted by Gasteiger charge is 2.14. The van der Waals surface area contributed by atoms with Crippen LogP contribution in [0.4, 0.5) is 0 Å². The Balaban J connectivity index is 1.46. The van der Waals surface area contributed by atoms with Gasteiger partial charge in [-0.3, -0.25) is 4.79 Å². The first kappa shape index (κ1) is 15.8. The van der Waals surface area contributed by atoms with E-state index in [1.165, 1.54) is 17.5 Å². The third-order valence-corrected chi connectivity index (χ3v) is 4.46. The molecule has 0 aliphatic carbocycles. The lowest BCUT2D eigenvalue weighted by molar-refractivity contribution is -0.120. The molecule has 3 nitrogen and oxygen atoms in total. The van der Waals surface area contributed by atoms with E-state index in [2.05, 4.69) is 34.9 Å². The monoisotopic (exact) mass is 308 g/mol. The summed E-state index contributed by atoms with van der Waals surface area (Å²) in [5.41, 5.74) is 3.45. The summed E-state index contributed by atoms with van der Waals surface area (Å²) in [5.74, 6) is 0.837. The van der Waals surface area contributed by atoms with E-state index in [1.807, 2.05) is 30.3 Å². The summed E-state index contributed by atoms with van der Waals surface area (Å²) in [6, 6.07) is 18.5. The van der Waals surface area contributed by atoms with Crippen LogP contribution in [0.2, 0.25) is 0 Å². The van der Waals surface area contributed by atoms with Gasteiger partial charge in [0.1, 0.15) is 0 Å². The molecule has 2 aromatic rings. The highest BCUT2D eigenvalue weighted by molar-refractivity contribution is 5.78. The lowest BCUT2D eigenvalue weighted by Crippen LogP contribution is -2.27. The van der Waals surface area contributed by atoms with Crippen molar-refractivity contribution >= 4 is 5.91 Å². The highest BCUT2D eigenvalue weighted by Crippen LogP contribution is 2.19. The molecule has 1 aliphatic heterocycles. The molecule has 1 fully saturated rings. The van der Waals surface area contributed by atoms with Crippen molar-refractivity contribution in [3.8, 4) is 11.1 Å². The third kappa shape index (κ3) is 4.67. The number of hydrogen-bond acceptors (Lipinski definition) is 2. The number of amides is 1. The Bertz CT molecular complexity index is 616. The molecule has 0 radical (unpaired) electrons. The van der Waals surface area contributed by atoms with Crippen molar-refractivity contribution in [3.05, 3.63) is 60.2 Å². The molecular weight excluding hydrogens is 284 g/mol. The van der Waals surface area contributed by atoms with E-state index in [-0.39, 0.29) is 5.91 Å². The molecule has 1 heterocycles. The second-order valence-corrected chi connectivity index (χ2v) is 6.24. The third-order valence-electron chi connectivity index (χ3n) is 4.46. The first-order valence-corrected chi connectivity index (χ1v) is 8.43. The van der Waals surface area contributed by atoms with Gasteiger partial charge in [-0.25, -0.2) is 0 Å². The second kappa shape index (κ2) is 7.93. The Morgan fingerprint density at radius 2 is 1.78 bits per heavy atom. The topological polar surface area (TPSA) is 41.1 Å². The van der Waals surface area contributed by atoms with Crippen LogP contribution in [0.1, 0.15) is 18.4 Å². The summed E-state index contributed by atoms with van der Waals surface area (Å²) in [7, 11) is 0. The van der Waals surface area contributed by atoms with Gasteiger partial charge < -0.3 is 10.6 Å². The Kier molecular flexibility index (Phi) is 5.43. The second-order valence-electron chi connectivity index (χ2n) is 6.24. The van der Waals surface area contributed by atoms with E-state index in [4.69, 9.17) is 0 Å². The summed E-state index contributed by atoms with van der Waals surface area (Å²) in [5, 5.41) is 6.39. The Morgan fingerprint density at radius 1 is 1.04 bits per heavy atom. The molecule has 3 rings (SSSR count). The maximum Gasteiger partial charge on any atom is 0.224 e. The van der Waals surface area contributed by atoms with Crippen molar-refractivity contribution in [2.24, 2.45) is 5.92 Å². The van der Waals surface area contributed by atoms with Crippen LogP contribution in [0.25, 0.3) is 11.1 Å². The van der Waals surface area contributed by atoms with Crippen molar-refractivity contribution in [1.82, 2.24) is 10.6 Å². The molecule has 0 bridgehead atoms. The fraction of sp³-hybridized carbons (Fsp3) is 0.350. The van der Waals surface area contributed by atoms with Gasteiger partial charge in [0.15, 0.2) is 0 Å². The zero-order valence-electron chi connectivity index (χ0n) is 13.4. The molecule has 23 heavy (non-hydrogen) atoms. The smallest absolute Gasteiger partial charge is 0.224 e. The van der Waals surface area contributed by atoms with Crippen LogP contribution in [-0.4, -0.2) is 25.5 Å². The van der Waals surface area contributed by atoms with Gasteiger partial charge in [-0.15, -0.1) is 0 Å². The molecule has 2 N–H and O–H groups in total. The van der Waals surface area contributed by atoms with Crippen molar-refractivity contribution in [2.45, 2.75) is 19.3 Å². The van der Waals surface area contributed by atoms with Gasteiger partial charge in [0.25, 0.3) is 0 Å². The number of carbonyl (C=O) groups is 1. The van der Waals surface area contributed by atoms with Crippen molar-refractivity contribution < 1.29 is 4.79 Å². The number of carbonyl (C=O) groups excluding carboxylic acids is 1. The molecule has 0 spiro atoms. The van der Waals surface area contributed by atoms with Crippen molar-refractivity contribution in [1.29, 1.82) is 0 Å². The molecule has 1 unspecified atom stereocenters. The minimum absolute atomic E-state index is 0.114. The molecular formula is C20H24N2O. The molecule has 1 amide bonds. The number of rotatable bonds is 6. The van der Waals surface area contributed by atoms with Crippen LogP contribution in [0.5, 0.6) is 0 Å². The van der Waals surface area contributed by atoms with Crippen LogP contribution in [0, 0.1) is 5.92 Å². The van der Waals surface area contributed by atoms with Gasteiger partial charge in [0.2, 0.25) is 5.91 Å². The normalized spacial score (nSPS) is 17.1. The number of benzene rings is 2. The van der Waals surface area contributed by atoms with E-state index in [9.17, 15) is 4.79 Å². The summed E-state index contributed by atoms with van der Waals surface area (Å²) in [4.78, 5) is 12.0. The van der Waals surface area contributed by atoms with Gasteiger partial charge in [0.05, 0.1) is 6.42 Å². The Morgan fingerprint density at radius 3 is 2.48 bits per heavy atom. The van der Waals surface area contributed by atoms with Crippen LogP contribution in [0.3, 0.4) is 0 Å². The number of nitrogens with one attached hydrogen (secondary N) is 2. The van der Waals surface area contributed by atoms with Crippen LogP contribution >= 0.6 is 0 Å².